The van der Waals surface area contributed by atoms with Gasteiger partial charge in [0, 0.05) is 12.1 Å². The molecule has 0 bridgehead atoms. The van der Waals surface area contributed by atoms with Crippen molar-refractivity contribution in [2.24, 2.45) is 11.7 Å². The Balaban J connectivity index is 2.37. The van der Waals surface area contributed by atoms with Gasteiger partial charge >= 0.3 is 0 Å². The number of hydrogen-bond donors (Lipinski definition) is 1. The molecule has 1 aliphatic heterocycles. The molecular formula is C13H15FN2O2S. The predicted octanol–water partition coefficient (Wildman–Crippen LogP) is 0.922. The fourth-order valence-electron chi connectivity index (χ4n) is 2.09. The molecule has 0 aromatic heterocycles. The third-order valence-corrected chi connectivity index (χ3v) is 4.87. The fraction of sp³-hybridized carbons (Fsp3) is 0.385. The van der Waals surface area contributed by atoms with Gasteiger partial charge in [0.2, 0.25) is 10.0 Å². The number of anilines is 1. The Hall–Kier alpha value is -1.58. The van der Waals surface area contributed by atoms with E-state index in [1.54, 1.807) is 6.07 Å². The number of nitrogens with two attached hydrogens (primary N) is 1. The van der Waals surface area contributed by atoms with Crippen molar-refractivity contribution in [2.75, 3.05) is 23.1 Å². The van der Waals surface area contributed by atoms with Crippen LogP contribution >= 0.6 is 0 Å². The van der Waals surface area contributed by atoms with Gasteiger partial charge in [0.05, 0.1) is 18.0 Å². The number of rotatable bonds is 1. The van der Waals surface area contributed by atoms with E-state index in [1.165, 1.54) is 12.1 Å². The summed E-state index contributed by atoms with van der Waals surface area (Å²) in [6.07, 6.45) is 0. The van der Waals surface area contributed by atoms with Gasteiger partial charge in [0.25, 0.3) is 0 Å². The van der Waals surface area contributed by atoms with Gasteiger partial charge in [-0.2, -0.15) is 0 Å². The lowest BCUT2D eigenvalue weighted by atomic mass is 10.2. The second kappa shape index (κ2) is 5.19. The molecule has 0 saturated carbocycles. The summed E-state index contributed by atoms with van der Waals surface area (Å²) in [5, 5.41) is 0. The van der Waals surface area contributed by atoms with Gasteiger partial charge in [-0.1, -0.05) is 18.8 Å². The zero-order chi connectivity index (χ0) is 14.0. The van der Waals surface area contributed by atoms with Gasteiger partial charge in [0.1, 0.15) is 5.82 Å². The van der Waals surface area contributed by atoms with E-state index in [4.69, 9.17) is 5.73 Å². The molecular weight excluding hydrogens is 267 g/mol. The van der Waals surface area contributed by atoms with E-state index in [9.17, 15) is 12.8 Å². The van der Waals surface area contributed by atoms with Crippen molar-refractivity contribution in [3.8, 4) is 11.8 Å². The molecule has 2 rings (SSSR count). The fourth-order valence-corrected chi connectivity index (χ4v) is 4.02. The molecule has 1 fully saturated rings. The third-order valence-electron chi connectivity index (χ3n) is 2.86. The molecule has 4 nitrogen and oxygen atoms in total. The van der Waals surface area contributed by atoms with Crippen LogP contribution < -0.4 is 10.0 Å². The van der Waals surface area contributed by atoms with Crippen LogP contribution in [0.1, 0.15) is 12.5 Å². The van der Waals surface area contributed by atoms with Crippen molar-refractivity contribution in [1.29, 1.82) is 0 Å². The number of nitrogens with zero attached hydrogens (tertiary/aromatic N) is 1. The van der Waals surface area contributed by atoms with Crippen LogP contribution in [0.4, 0.5) is 10.1 Å². The van der Waals surface area contributed by atoms with Gasteiger partial charge in [0.15, 0.2) is 0 Å². The zero-order valence-corrected chi connectivity index (χ0v) is 11.4. The summed E-state index contributed by atoms with van der Waals surface area (Å²) in [5.41, 5.74) is 5.81. The smallest absolute Gasteiger partial charge is 0.235 e. The average molecular weight is 282 g/mol. The van der Waals surface area contributed by atoms with Crippen LogP contribution in [-0.2, 0) is 10.0 Å². The van der Waals surface area contributed by atoms with Gasteiger partial charge < -0.3 is 5.73 Å². The summed E-state index contributed by atoms with van der Waals surface area (Å²) in [6.45, 7) is 2.34. The van der Waals surface area contributed by atoms with E-state index >= 15 is 0 Å². The predicted molar refractivity (Wildman–Crippen MR) is 72.6 cm³/mol. The summed E-state index contributed by atoms with van der Waals surface area (Å²) < 4.78 is 38.9. The Morgan fingerprint density at radius 1 is 1.53 bits per heavy atom. The van der Waals surface area contributed by atoms with E-state index in [-0.39, 0.29) is 23.9 Å². The summed E-state index contributed by atoms with van der Waals surface area (Å²) in [6, 6.07) is 4.28. The van der Waals surface area contributed by atoms with E-state index in [0.717, 1.165) is 4.31 Å². The second-order valence-electron chi connectivity index (χ2n) is 4.59. The average Bonchev–Trinajstić information content (AvgIpc) is 2.60. The Morgan fingerprint density at radius 2 is 2.26 bits per heavy atom. The summed E-state index contributed by atoms with van der Waals surface area (Å²) in [4.78, 5) is 0. The third kappa shape index (κ3) is 2.88. The maximum Gasteiger partial charge on any atom is 0.235 e. The van der Waals surface area contributed by atoms with Crippen LogP contribution in [0.5, 0.6) is 0 Å². The summed E-state index contributed by atoms with van der Waals surface area (Å²) in [7, 11) is -3.40. The molecule has 102 valence electrons. The molecule has 1 heterocycles. The first-order chi connectivity index (χ1) is 8.94. The Labute approximate surface area is 112 Å². The molecule has 1 aliphatic rings. The molecule has 1 saturated heterocycles. The number of halogens is 1. The molecule has 0 amide bonds. The lowest BCUT2D eigenvalue weighted by molar-refractivity contribution is 0.594. The topological polar surface area (TPSA) is 63.4 Å². The monoisotopic (exact) mass is 282 g/mol. The standard InChI is InChI=1S/C13H15FN2O2S/c1-10-8-16(19(17,18)9-10)13-5-4-11(3-2-6-15)7-12(13)14/h4-5,7,10H,6,8-9,15H2,1H3. The minimum absolute atomic E-state index is 0.00103. The maximum absolute atomic E-state index is 14.0. The van der Waals surface area contributed by atoms with Crippen molar-refractivity contribution >= 4 is 15.7 Å². The first kappa shape index (κ1) is 13.8. The molecule has 1 atom stereocenters. The Morgan fingerprint density at radius 3 is 2.79 bits per heavy atom. The Bertz CT molecular complexity index is 646. The molecule has 0 spiro atoms. The van der Waals surface area contributed by atoms with Crippen molar-refractivity contribution in [1.82, 2.24) is 0 Å². The normalized spacial score (nSPS) is 21.0. The minimum Gasteiger partial charge on any atom is -0.320 e. The molecule has 0 aliphatic carbocycles. The number of benzene rings is 1. The largest absolute Gasteiger partial charge is 0.320 e. The quantitative estimate of drug-likeness (QED) is 0.779. The van der Waals surface area contributed by atoms with Gasteiger partial charge in [-0.05, 0) is 24.1 Å². The van der Waals surface area contributed by atoms with Crippen LogP contribution in [0.15, 0.2) is 18.2 Å². The highest BCUT2D eigenvalue weighted by atomic mass is 32.2. The molecule has 1 aromatic carbocycles. The second-order valence-corrected chi connectivity index (χ2v) is 6.52. The van der Waals surface area contributed by atoms with Gasteiger partial charge in [-0.15, -0.1) is 0 Å². The van der Waals surface area contributed by atoms with E-state index in [1.807, 2.05) is 6.92 Å². The molecule has 1 aromatic rings. The van der Waals surface area contributed by atoms with Crippen molar-refractivity contribution < 1.29 is 12.8 Å². The summed E-state index contributed by atoms with van der Waals surface area (Å²) in [5.74, 6) is 4.81. The zero-order valence-electron chi connectivity index (χ0n) is 10.6. The first-order valence-corrected chi connectivity index (χ1v) is 7.54. The van der Waals surface area contributed by atoms with Crippen molar-refractivity contribution in [3.63, 3.8) is 0 Å². The van der Waals surface area contributed by atoms with E-state index in [2.05, 4.69) is 11.8 Å². The number of sulfonamides is 1. The highest BCUT2D eigenvalue weighted by Crippen LogP contribution is 2.29. The van der Waals surface area contributed by atoms with Gasteiger partial charge in [-0.3, -0.25) is 4.31 Å². The van der Waals surface area contributed by atoms with Crippen LogP contribution in [-0.4, -0.2) is 27.3 Å². The molecule has 19 heavy (non-hydrogen) atoms. The first-order valence-electron chi connectivity index (χ1n) is 5.93. The molecule has 6 heteroatoms. The molecule has 0 radical (unpaired) electrons. The highest BCUT2D eigenvalue weighted by molar-refractivity contribution is 7.93. The van der Waals surface area contributed by atoms with Gasteiger partial charge in [-0.25, -0.2) is 12.8 Å². The Kier molecular flexibility index (Phi) is 3.78. The van der Waals surface area contributed by atoms with Crippen molar-refractivity contribution in [3.05, 3.63) is 29.6 Å². The van der Waals surface area contributed by atoms with Crippen LogP contribution in [0.25, 0.3) is 0 Å². The van der Waals surface area contributed by atoms with Crippen LogP contribution in [0.3, 0.4) is 0 Å². The number of hydrogen-bond acceptors (Lipinski definition) is 3. The lowest BCUT2D eigenvalue weighted by Gasteiger charge is -2.17. The van der Waals surface area contributed by atoms with Crippen molar-refractivity contribution in [2.45, 2.75) is 6.92 Å². The molecule has 1 unspecified atom stereocenters. The summed E-state index contributed by atoms with van der Waals surface area (Å²) >= 11 is 0. The SMILES string of the molecule is CC1CN(c2ccc(C#CCN)cc2F)S(=O)(=O)C1. The van der Waals surface area contributed by atoms with Crippen LogP contribution in [0, 0.1) is 23.6 Å². The minimum atomic E-state index is -3.40. The molecule has 2 N–H and O–H groups in total. The maximum atomic E-state index is 14.0. The highest BCUT2D eigenvalue weighted by Gasteiger charge is 2.34. The van der Waals surface area contributed by atoms with E-state index in [0.29, 0.717) is 12.1 Å². The lowest BCUT2D eigenvalue weighted by Crippen LogP contribution is -2.26. The van der Waals surface area contributed by atoms with Crippen LogP contribution in [0.2, 0.25) is 0 Å². The van der Waals surface area contributed by atoms with E-state index < -0.39 is 15.8 Å².